The Bertz CT molecular complexity index is 4990. The average molecular weight is 1640 g/mol. The highest BCUT2D eigenvalue weighted by Crippen LogP contribution is 2.47. The topological polar surface area (TPSA) is 116 Å². The van der Waals surface area contributed by atoms with Gasteiger partial charge in [0.1, 0.15) is 5.75 Å². The molecular formula is C100H122Cl2N12O5. The van der Waals surface area contributed by atoms with Gasteiger partial charge in [0, 0.05) is 170 Å². The Kier molecular flexibility index (Phi) is 24.9. The minimum Gasteiger partial charge on any atom is -0.496 e. The van der Waals surface area contributed by atoms with Crippen LogP contribution in [0, 0.1) is 13.8 Å². The summed E-state index contributed by atoms with van der Waals surface area (Å²) in [5, 5.41) is 1.56. The third-order valence-electron chi connectivity index (χ3n) is 28.0. The number of para-hydroxylation sites is 4. The number of hydrogen-bond acceptors (Lipinski definition) is 13. The summed E-state index contributed by atoms with van der Waals surface area (Å²) in [5.74, 6) is 2.20. The molecule has 5 unspecified atom stereocenters. The molecule has 19 heteroatoms. The quantitative estimate of drug-likeness (QED) is 0.109. The van der Waals surface area contributed by atoms with Gasteiger partial charge in [-0.1, -0.05) is 168 Å². The second-order valence-corrected chi connectivity index (χ2v) is 37.9. The third-order valence-corrected chi connectivity index (χ3v) is 28.5. The Morgan fingerprint density at radius 2 is 0.706 bits per heavy atom. The molecule has 8 aromatic rings. The fourth-order valence-corrected chi connectivity index (χ4v) is 22.1. The van der Waals surface area contributed by atoms with Crippen LogP contribution >= 0.6 is 23.2 Å². The number of amides is 4. The highest BCUT2D eigenvalue weighted by Gasteiger charge is 2.50. The molecule has 8 aromatic carbocycles. The van der Waals surface area contributed by atoms with Crippen molar-refractivity contribution in [2.24, 2.45) is 0 Å². The Labute approximate surface area is 716 Å². The molecule has 20 rings (SSSR count). The molecule has 0 radical (unpaired) electrons. The maximum atomic E-state index is 13.8. The van der Waals surface area contributed by atoms with Crippen molar-refractivity contribution in [2.75, 3.05) is 138 Å². The molecule has 5 atom stereocenters. The van der Waals surface area contributed by atoms with Gasteiger partial charge in [-0.15, -0.1) is 0 Å². The van der Waals surface area contributed by atoms with Crippen LogP contribution in [-0.2, 0) is 96.7 Å². The van der Waals surface area contributed by atoms with Gasteiger partial charge in [-0.3, -0.25) is 58.4 Å². The summed E-state index contributed by atoms with van der Waals surface area (Å²) >= 11 is 12.0. The van der Waals surface area contributed by atoms with E-state index in [-0.39, 0.29) is 41.3 Å². The maximum Gasteiger partial charge on any atom is 0.244 e. The molecule has 626 valence electrons. The van der Waals surface area contributed by atoms with E-state index in [1.54, 1.807) is 7.11 Å². The van der Waals surface area contributed by atoms with E-state index in [0.717, 1.165) is 230 Å². The van der Waals surface area contributed by atoms with Gasteiger partial charge in [-0.05, 0) is 217 Å². The zero-order chi connectivity index (χ0) is 82.4. The molecule has 12 heterocycles. The summed E-state index contributed by atoms with van der Waals surface area (Å²) in [4.78, 5) is 82.7. The first kappa shape index (κ1) is 83.0. The number of aryl methyl sites for hydroxylation is 6. The van der Waals surface area contributed by atoms with Crippen LogP contribution < -0.4 is 24.3 Å². The van der Waals surface area contributed by atoms with Gasteiger partial charge < -0.3 is 24.3 Å². The second kappa shape index (κ2) is 35.6. The molecule has 17 nitrogen and oxygen atoms in total. The van der Waals surface area contributed by atoms with Crippen molar-refractivity contribution in [3.8, 4) is 5.75 Å². The van der Waals surface area contributed by atoms with E-state index >= 15 is 0 Å². The van der Waals surface area contributed by atoms with Gasteiger partial charge in [-0.25, -0.2) is 0 Å². The zero-order valence-corrected chi connectivity index (χ0v) is 73.0. The molecule has 4 fully saturated rings. The predicted octanol–water partition coefficient (Wildman–Crippen LogP) is 14.7. The van der Waals surface area contributed by atoms with E-state index in [4.69, 9.17) is 27.9 Å². The van der Waals surface area contributed by atoms with Gasteiger partial charge in [0.05, 0.1) is 54.0 Å². The number of piperazine rings is 4. The number of carbonyl (C=O) groups excluding carboxylic acids is 4. The SMILES string of the molecule is CC1(C)Cc2cccc3c2N1C(=O)C(N1CCN(Cc2ccc(Cl)cc2)CC1)CC3.CC1Cc2cccc3c2N1C(=O)C(N1CCN(Cc2ccc(Cl)cc2)CC1)CC3.COc1ccc(C)cc1CN1CCN(C2CCc3cccc4c3N(C2=O)C(C)(C)C4)CC1.Cc1ccc(CN2CCN(C3CCc4cccc5c4N(CC5)C3=O)CC2)cc1. The number of halogens is 2. The Balaban J connectivity index is 0.000000114. The number of benzene rings is 8. The van der Waals surface area contributed by atoms with E-state index in [9.17, 15) is 19.2 Å². The molecule has 119 heavy (non-hydrogen) atoms. The van der Waals surface area contributed by atoms with Crippen molar-refractivity contribution in [1.82, 2.24) is 39.2 Å². The molecule has 0 aromatic heterocycles. The molecule has 12 aliphatic heterocycles. The molecule has 0 saturated carbocycles. The van der Waals surface area contributed by atoms with Crippen molar-refractivity contribution < 1.29 is 23.9 Å². The van der Waals surface area contributed by atoms with Crippen molar-refractivity contribution in [3.05, 3.63) is 252 Å². The second-order valence-electron chi connectivity index (χ2n) is 37.0. The van der Waals surface area contributed by atoms with E-state index in [1.807, 2.05) is 24.3 Å². The summed E-state index contributed by atoms with van der Waals surface area (Å²) in [6.07, 6.45) is 11.6. The summed E-state index contributed by atoms with van der Waals surface area (Å²) in [6, 6.07) is 58.1. The van der Waals surface area contributed by atoms with Crippen LogP contribution in [0.4, 0.5) is 22.7 Å². The first-order valence-corrected chi connectivity index (χ1v) is 45.1. The summed E-state index contributed by atoms with van der Waals surface area (Å²) in [7, 11) is 1.74. The number of methoxy groups -OCH3 is 1. The smallest absolute Gasteiger partial charge is 0.244 e. The van der Waals surface area contributed by atoms with E-state index in [2.05, 4.69) is 247 Å². The highest BCUT2D eigenvalue weighted by molar-refractivity contribution is 6.30. The van der Waals surface area contributed by atoms with Gasteiger partial charge in [0.25, 0.3) is 0 Å². The summed E-state index contributed by atoms with van der Waals surface area (Å²) < 4.78 is 5.58. The maximum absolute atomic E-state index is 13.8. The Hall–Kier alpha value is -8.30. The fourth-order valence-electron chi connectivity index (χ4n) is 21.8. The summed E-state index contributed by atoms with van der Waals surface area (Å²) in [6.45, 7) is 35.6. The van der Waals surface area contributed by atoms with Crippen LogP contribution in [0.5, 0.6) is 5.75 Å². The number of nitrogens with zero attached hydrogens (tertiary/aromatic N) is 12. The lowest BCUT2D eigenvalue weighted by atomic mass is 9.96. The molecule has 4 saturated heterocycles. The number of ether oxygens (including phenoxy) is 1. The van der Waals surface area contributed by atoms with Crippen molar-refractivity contribution >= 4 is 69.6 Å². The third kappa shape index (κ3) is 17.8. The molecule has 4 amide bonds. The van der Waals surface area contributed by atoms with Gasteiger partial charge in [0.15, 0.2) is 0 Å². The Morgan fingerprint density at radius 1 is 0.361 bits per heavy atom. The first-order chi connectivity index (χ1) is 57.6. The molecular weight excluding hydrogens is 1520 g/mol. The standard InChI is InChI=1S/C27H35N3O2.C25H30ClN3O.C24H28ClN3O.C24H29N3O/c1-19-8-11-24(32-4)22(16-19)18-28-12-14-29(15-13-28)23-10-9-20-6-5-7-21-17-27(2,3)30(25(20)21)26(23)31;1-25(2)16-20-5-3-4-19-8-11-22(24(30)29(25)23(19)20)28-14-12-27(13-15-28)17-18-6-9-21(26)10-7-18;1-17-15-20-4-2-3-19-7-10-22(24(29)28(17)23(19)20)27-13-11-26(12-14-27)16-18-5-8-21(25)9-6-18;1-18-5-7-19(8-6-18)17-25-13-15-26(16-14-25)22-10-9-20-3-2-4-21-11-12-27(23(20)21)24(22)28/h5-8,11,16,23H,9-10,12-15,17-18H2,1-4H3;3-7,9-10,22H,8,11-17H2,1-2H3;2-6,8-9,17,22H,7,10-16H2,1H3;2-8,22H,9-17H2,1H3. The largest absolute Gasteiger partial charge is 0.496 e. The fraction of sp³-hybridized carbons (Fsp3) is 0.480. The van der Waals surface area contributed by atoms with Crippen LogP contribution in [0.15, 0.2) is 164 Å². The lowest BCUT2D eigenvalue weighted by Gasteiger charge is -2.41. The van der Waals surface area contributed by atoms with Crippen LogP contribution in [0.2, 0.25) is 10.0 Å². The number of hydrogen-bond donors (Lipinski definition) is 0. The average Bonchev–Trinajstić information content (AvgIpc) is 1.59. The normalized spacial score (nSPS) is 23.8. The number of rotatable bonds is 13. The monoisotopic (exact) mass is 1640 g/mol. The lowest BCUT2D eigenvalue weighted by Crippen LogP contribution is -2.58. The summed E-state index contributed by atoms with van der Waals surface area (Å²) in [5.41, 5.74) is 23.1. The molecule has 0 aliphatic carbocycles. The first-order valence-electron chi connectivity index (χ1n) is 44.4. The predicted molar refractivity (Wildman–Crippen MR) is 481 cm³/mol. The molecule has 12 aliphatic rings. The number of anilines is 4. The van der Waals surface area contributed by atoms with Crippen molar-refractivity contribution in [2.45, 2.75) is 193 Å². The molecule has 0 bridgehead atoms. The van der Waals surface area contributed by atoms with Gasteiger partial charge in [-0.2, -0.15) is 0 Å². The van der Waals surface area contributed by atoms with Gasteiger partial charge >= 0.3 is 0 Å². The minimum absolute atomic E-state index is 0.00785. The Morgan fingerprint density at radius 3 is 1.13 bits per heavy atom. The number of carbonyl (C=O) groups is 4. The van der Waals surface area contributed by atoms with Crippen molar-refractivity contribution in [1.29, 1.82) is 0 Å². The molecule has 0 N–H and O–H groups in total. The minimum atomic E-state index is -0.151. The lowest BCUT2D eigenvalue weighted by molar-refractivity contribution is -0.126. The van der Waals surface area contributed by atoms with Crippen molar-refractivity contribution in [3.63, 3.8) is 0 Å². The zero-order valence-electron chi connectivity index (χ0n) is 71.5. The van der Waals surface area contributed by atoms with Crippen LogP contribution in [0.1, 0.15) is 138 Å². The van der Waals surface area contributed by atoms with E-state index < -0.39 is 0 Å². The molecule has 0 spiro atoms. The van der Waals surface area contributed by atoms with E-state index in [1.165, 1.54) is 101 Å². The van der Waals surface area contributed by atoms with Crippen LogP contribution in [0.3, 0.4) is 0 Å². The van der Waals surface area contributed by atoms with Crippen LogP contribution in [0.25, 0.3) is 0 Å². The highest BCUT2D eigenvalue weighted by atomic mass is 35.5. The van der Waals surface area contributed by atoms with E-state index in [0.29, 0.717) is 23.6 Å². The van der Waals surface area contributed by atoms with Crippen LogP contribution in [-0.4, -0.2) is 222 Å². The van der Waals surface area contributed by atoms with Gasteiger partial charge in [0.2, 0.25) is 23.6 Å².